The predicted octanol–water partition coefficient (Wildman–Crippen LogP) is 4.01. The maximum Gasteiger partial charge on any atom is 0.262 e. The molecule has 2 aromatic carbocycles. The average Bonchev–Trinajstić information content (AvgIpc) is 2.67. The van der Waals surface area contributed by atoms with Gasteiger partial charge >= 0.3 is 0 Å². The number of carbonyl (C=O) groups excluding carboxylic acids is 2. The largest absolute Gasteiger partial charge is 0.482 e. The molecule has 2 amide bonds. The van der Waals surface area contributed by atoms with Crippen LogP contribution in [0.5, 0.6) is 5.75 Å². The second-order valence-corrected chi connectivity index (χ2v) is 8.13. The van der Waals surface area contributed by atoms with Gasteiger partial charge in [-0.05, 0) is 58.7 Å². The van der Waals surface area contributed by atoms with Crippen molar-refractivity contribution in [3.63, 3.8) is 0 Å². The number of anilines is 1. The van der Waals surface area contributed by atoms with Gasteiger partial charge in [0.05, 0.1) is 17.7 Å². The minimum absolute atomic E-state index is 0.0648. The van der Waals surface area contributed by atoms with Crippen LogP contribution in [0.4, 0.5) is 5.69 Å². The van der Waals surface area contributed by atoms with Gasteiger partial charge in [-0.15, -0.1) is 0 Å². The molecule has 6 nitrogen and oxygen atoms in total. The van der Waals surface area contributed by atoms with Crippen molar-refractivity contribution in [1.29, 1.82) is 0 Å². The fourth-order valence-electron chi connectivity index (χ4n) is 2.89. The highest BCUT2D eigenvalue weighted by Gasteiger charge is 2.19. The van der Waals surface area contributed by atoms with Crippen LogP contribution in [0, 0.1) is 6.92 Å². The first-order chi connectivity index (χ1) is 13.4. The first-order valence-electron chi connectivity index (χ1n) is 8.79. The molecule has 1 N–H and O–H groups in total. The van der Waals surface area contributed by atoms with Crippen LogP contribution < -0.4 is 10.1 Å². The van der Waals surface area contributed by atoms with Gasteiger partial charge in [-0.25, -0.2) is 0 Å². The number of benzene rings is 2. The lowest BCUT2D eigenvalue weighted by molar-refractivity contribution is -0.118. The van der Waals surface area contributed by atoms with E-state index in [0.717, 1.165) is 14.5 Å². The lowest BCUT2D eigenvalue weighted by Crippen LogP contribution is -2.40. The van der Waals surface area contributed by atoms with Crippen molar-refractivity contribution in [3.8, 4) is 5.75 Å². The summed E-state index contributed by atoms with van der Waals surface area (Å²) in [6.45, 7) is 4.01. The second-order valence-electron chi connectivity index (χ2n) is 6.36. The molecule has 148 valence electrons. The molecule has 1 saturated heterocycles. The molecular weight excluding hydrogens is 492 g/mol. The lowest BCUT2D eigenvalue weighted by atomic mass is 10.1. The average molecular weight is 512 g/mol. The second kappa shape index (κ2) is 9.54. The Balaban J connectivity index is 1.61. The van der Waals surface area contributed by atoms with Gasteiger partial charge in [0.1, 0.15) is 5.75 Å². The summed E-state index contributed by atoms with van der Waals surface area (Å²) in [7, 11) is 0. The van der Waals surface area contributed by atoms with Gasteiger partial charge in [0, 0.05) is 28.8 Å². The molecule has 0 aromatic heterocycles. The van der Waals surface area contributed by atoms with E-state index < -0.39 is 0 Å². The standard InChI is InChI=1S/C20H20Br2N2O4/c1-13-9-15(21)11-17(22)19(13)28-12-18(25)23-16-4-2-3-14(10-16)20(26)24-5-7-27-8-6-24/h2-4,9-11H,5-8,12H2,1H3,(H,23,25). The molecule has 28 heavy (non-hydrogen) atoms. The maximum absolute atomic E-state index is 12.6. The van der Waals surface area contributed by atoms with Crippen LogP contribution in [0.15, 0.2) is 45.3 Å². The van der Waals surface area contributed by atoms with Gasteiger partial charge in [0.15, 0.2) is 6.61 Å². The molecule has 0 unspecified atom stereocenters. The fraction of sp³-hybridized carbons (Fsp3) is 0.300. The van der Waals surface area contributed by atoms with E-state index in [0.29, 0.717) is 43.3 Å². The Labute approximate surface area is 180 Å². The molecule has 0 spiro atoms. The topological polar surface area (TPSA) is 67.9 Å². The molecule has 1 aliphatic heterocycles. The minimum atomic E-state index is -0.301. The molecule has 3 rings (SSSR count). The molecule has 1 aliphatic rings. The Morgan fingerprint density at radius 3 is 2.64 bits per heavy atom. The van der Waals surface area contributed by atoms with Gasteiger partial charge in [-0.1, -0.05) is 22.0 Å². The van der Waals surface area contributed by atoms with E-state index in [1.54, 1.807) is 29.2 Å². The third kappa shape index (κ3) is 5.33. The number of hydrogen-bond donors (Lipinski definition) is 1. The summed E-state index contributed by atoms with van der Waals surface area (Å²) in [5.74, 6) is 0.254. The van der Waals surface area contributed by atoms with Crippen molar-refractivity contribution >= 4 is 49.4 Å². The van der Waals surface area contributed by atoms with E-state index >= 15 is 0 Å². The van der Waals surface area contributed by atoms with Crippen LogP contribution in [-0.4, -0.2) is 49.6 Å². The molecule has 8 heteroatoms. The third-order valence-electron chi connectivity index (χ3n) is 4.23. The van der Waals surface area contributed by atoms with Gasteiger partial charge in [0.25, 0.3) is 11.8 Å². The zero-order chi connectivity index (χ0) is 20.1. The number of nitrogens with one attached hydrogen (secondary N) is 1. The number of morpholine rings is 1. The molecule has 1 heterocycles. The number of amides is 2. The highest BCUT2D eigenvalue weighted by Crippen LogP contribution is 2.32. The van der Waals surface area contributed by atoms with Crippen molar-refractivity contribution in [2.24, 2.45) is 0 Å². The van der Waals surface area contributed by atoms with Gasteiger partial charge in [-0.2, -0.15) is 0 Å². The lowest BCUT2D eigenvalue weighted by Gasteiger charge is -2.27. The van der Waals surface area contributed by atoms with E-state index in [4.69, 9.17) is 9.47 Å². The molecule has 2 aromatic rings. The first kappa shape index (κ1) is 20.8. The molecule has 1 fully saturated rings. The van der Waals surface area contributed by atoms with Crippen molar-refractivity contribution in [2.75, 3.05) is 38.2 Å². The Bertz CT molecular complexity index is 859. The predicted molar refractivity (Wildman–Crippen MR) is 114 cm³/mol. The highest BCUT2D eigenvalue weighted by atomic mass is 79.9. The van der Waals surface area contributed by atoms with Crippen molar-refractivity contribution in [2.45, 2.75) is 6.92 Å². The Kier molecular flexibility index (Phi) is 7.09. The van der Waals surface area contributed by atoms with Crippen LogP contribution >= 0.6 is 31.9 Å². The van der Waals surface area contributed by atoms with Crippen LogP contribution in [-0.2, 0) is 9.53 Å². The normalized spacial score (nSPS) is 13.9. The van der Waals surface area contributed by atoms with Gasteiger partial charge in [-0.3, -0.25) is 9.59 Å². The molecule has 0 aliphatic carbocycles. The fourth-order valence-corrected chi connectivity index (χ4v) is 4.44. The van der Waals surface area contributed by atoms with Gasteiger partial charge in [0.2, 0.25) is 0 Å². The number of carbonyl (C=O) groups is 2. The van der Waals surface area contributed by atoms with Crippen LogP contribution in [0.3, 0.4) is 0 Å². The summed E-state index contributed by atoms with van der Waals surface area (Å²) in [4.78, 5) is 26.6. The van der Waals surface area contributed by atoms with Crippen LogP contribution in [0.2, 0.25) is 0 Å². The van der Waals surface area contributed by atoms with Crippen molar-refractivity contribution < 1.29 is 19.1 Å². The van der Waals surface area contributed by atoms with E-state index in [-0.39, 0.29) is 18.4 Å². The summed E-state index contributed by atoms with van der Waals surface area (Å²) in [5.41, 5.74) is 2.00. The smallest absolute Gasteiger partial charge is 0.262 e. The number of aryl methyl sites for hydroxylation is 1. The Morgan fingerprint density at radius 1 is 1.18 bits per heavy atom. The summed E-state index contributed by atoms with van der Waals surface area (Å²) in [5, 5.41) is 2.78. The number of hydrogen-bond acceptors (Lipinski definition) is 4. The van der Waals surface area contributed by atoms with Crippen LogP contribution in [0.1, 0.15) is 15.9 Å². The summed E-state index contributed by atoms with van der Waals surface area (Å²) in [6.07, 6.45) is 0. The quantitative estimate of drug-likeness (QED) is 0.658. The third-order valence-corrected chi connectivity index (χ3v) is 5.28. The molecule has 0 radical (unpaired) electrons. The van der Waals surface area contributed by atoms with Crippen LogP contribution in [0.25, 0.3) is 0 Å². The molecular formula is C20H20Br2N2O4. The highest BCUT2D eigenvalue weighted by molar-refractivity contribution is 9.11. The van der Waals surface area contributed by atoms with E-state index in [9.17, 15) is 9.59 Å². The zero-order valence-corrected chi connectivity index (χ0v) is 18.5. The summed E-state index contributed by atoms with van der Waals surface area (Å²) in [6, 6.07) is 10.7. The zero-order valence-electron chi connectivity index (χ0n) is 15.3. The first-order valence-corrected chi connectivity index (χ1v) is 10.4. The summed E-state index contributed by atoms with van der Waals surface area (Å²) >= 11 is 6.86. The molecule has 0 atom stereocenters. The maximum atomic E-state index is 12.6. The van der Waals surface area contributed by atoms with E-state index in [2.05, 4.69) is 37.2 Å². The number of rotatable bonds is 5. The molecule has 0 saturated carbocycles. The van der Waals surface area contributed by atoms with Gasteiger partial charge < -0.3 is 19.7 Å². The Hall–Kier alpha value is -1.90. The van der Waals surface area contributed by atoms with Crippen molar-refractivity contribution in [3.05, 3.63) is 56.5 Å². The molecule has 0 bridgehead atoms. The monoisotopic (exact) mass is 510 g/mol. The SMILES string of the molecule is Cc1cc(Br)cc(Br)c1OCC(=O)Nc1cccc(C(=O)N2CCOCC2)c1. The Morgan fingerprint density at radius 2 is 1.93 bits per heavy atom. The number of ether oxygens (including phenoxy) is 2. The van der Waals surface area contributed by atoms with Crippen molar-refractivity contribution in [1.82, 2.24) is 4.90 Å². The van der Waals surface area contributed by atoms with E-state index in [1.807, 2.05) is 19.1 Å². The van der Waals surface area contributed by atoms with E-state index in [1.165, 1.54) is 0 Å². The number of halogens is 2. The minimum Gasteiger partial charge on any atom is -0.482 e. The summed E-state index contributed by atoms with van der Waals surface area (Å²) < 4.78 is 12.6. The number of nitrogens with zero attached hydrogens (tertiary/aromatic N) is 1.